The van der Waals surface area contributed by atoms with Gasteiger partial charge in [0.05, 0.1) is 9.83 Å². The van der Waals surface area contributed by atoms with Crippen molar-refractivity contribution in [3.05, 3.63) is 38.8 Å². The van der Waals surface area contributed by atoms with E-state index in [4.69, 9.17) is 17.3 Å². The number of aliphatic carboxylic acids is 2. The summed E-state index contributed by atoms with van der Waals surface area (Å²) < 4.78 is -0.0580. The molecule has 0 spiro atoms. The molecule has 1 heterocycles. The fraction of sp³-hybridized carbons (Fsp3) is 0.200. The van der Waals surface area contributed by atoms with Crippen LogP contribution in [0.5, 0.6) is 5.75 Å². The summed E-state index contributed by atoms with van der Waals surface area (Å²) >= 11 is 5.84. The predicted octanol–water partition coefficient (Wildman–Crippen LogP) is 1.82. The molecule has 2 rings (SSSR count). The number of carbonyl (C=O) groups excluding carboxylic acids is 1. The number of nitrogens with zero attached hydrogens (tertiary/aromatic N) is 2. The number of benzene rings is 1. The Kier molecular flexibility index (Phi) is 6.13. The van der Waals surface area contributed by atoms with E-state index in [9.17, 15) is 34.7 Å². The van der Waals surface area contributed by atoms with Gasteiger partial charge in [0.2, 0.25) is 0 Å². The molecular weight excluding hydrogens is 400 g/mol. The number of thiocarbonyl (C=S) groups is 1. The third-order valence-corrected chi connectivity index (χ3v) is 4.88. The van der Waals surface area contributed by atoms with Crippen LogP contribution in [0.2, 0.25) is 0 Å². The lowest BCUT2D eigenvalue weighted by Crippen LogP contribution is -2.44. The topological polar surface area (TPSA) is 158 Å². The molecule has 1 aliphatic rings. The summed E-state index contributed by atoms with van der Waals surface area (Å²) in [5.41, 5.74) is -0.318. The van der Waals surface area contributed by atoms with Crippen molar-refractivity contribution in [2.75, 3.05) is 0 Å². The van der Waals surface area contributed by atoms with Crippen LogP contribution in [0, 0.1) is 10.1 Å². The summed E-state index contributed by atoms with van der Waals surface area (Å²) in [6.45, 7) is 0. The van der Waals surface area contributed by atoms with E-state index >= 15 is 0 Å². The van der Waals surface area contributed by atoms with E-state index in [1.807, 2.05) is 0 Å². The second kappa shape index (κ2) is 8.14. The Morgan fingerprint density at radius 2 is 2.04 bits per heavy atom. The summed E-state index contributed by atoms with van der Waals surface area (Å²) in [6.07, 6.45) is 0.494. The van der Waals surface area contributed by atoms with E-state index in [0.29, 0.717) is 0 Å². The van der Waals surface area contributed by atoms with Crippen molar-refractivity contribution in [1.82, 2.24) is 4.90 Å². The number of carboxylic acids is 2. The third kappa shape index (κ3) is 4.60. The van der Waals surface area contributed by atoms with Crippen LogP contribution in [0.4, 0.5) is 5.69 Å². The van der Waals surface area contributed by atoms with Crippen LogP contribution in [0.3, 0.4) is 0 Å². The Bertz CT molecular complexity index is 883. The van der Waals surface area contributed by atoms with Gasteiger partial charge in [0.1, 0.15) is 10.4 Å². The van der Waals surface area contributed by atoms with Crippen molar-refractivity contribution >= 4 is 57.9 Å². The van der Waals surface area contributed by atoms with Crippen LogP contribution >= 0.6 is 24.0 Å². The lowest BCUT2D eigenvalue weighted by Gasteiger charge is -2.22. The monoisotopic (exact) mass is 412 g/mol. The molecule has 1 aromatic carbocycles. The van der Waals surface area contributed by atoms with E-state index in [1.165, 1.54) is 12.1 Å². The maximum absolute atomic E-state index is 12.6. The highest BCUT2D eigenvalue weighted by atomic mass is 32.2. The molecule has 1 aromatic rings. The number of nitro benzene ring substituents is 1. The average Bonchev–Trinajstić information content (AvgIpc) is 2.83. The normalized spacial score (nSPS) is 16.6. The van der Waals surface area contributed by atoms with Crippen LogP contribution in [-0.4, -0.2) is 53.4 Å². The maximum Gasteiger partial charge on any atom is 0.326 e. The third-order valence-electron chi connectivity index (χ3n) is 3.55. The van der Waals surface area contributed by atoms with Gasteiger partial charge in [0, 0.05) is 12.5 Å². The smallest absolute Gasteiger partial charge is 0.326 e. The van der Waals surface area contributed by atoms with Gasteiger partial charge in [-0.25, -0.2) is 4.79 Å². The van der Waals surface area contributed by atoms with Gasteiger partial charge < -0.3 is 15.3 Å². The number of carboxylic acid groups (broad SMARTS) is 2. The number of hydrogen-bond donors (Lipinski definition) is 3. The van der Waals surface area contributed by atoms with Crippen molar-refractivity contribution in [2.45, 2.75) is 18.9 Å². The van der Waals surface area contributed by atoms with Gasteiger partial charge in [0.25, 0.3) is 5.91 Å². The van der Waals surface area contributed by atoms with Crippen molar-refractivity contribution < 1.29 is 34.6 Å². The van der Waals surface area contributed by atoms with Gasteiger partial charge in [-0.1, -0.05) is 30.0 Å². The molecule has 27 heavy (non-hydrogen) atoms. The molecule has 0 radical (unpaired) electrons. The van der Waals surface area contributed by atoms with Gasteiger partial charge >= 0.3 is 17.6 Å². The predicted molar refractivity (Wildman–Crippen MR) is 98.1 cm³/mol. The zero-order valence-corrected chi connectivity index (χ0v) is 15.0. The fourth-order valence-electron chi connectivity index (χ4n) is 2.30. The van der Waals surface area contributed by atoms with E-state index in [-0.39, 0.29) is 21.2 Å². The first-order chi connectivity index (χ1) is 12.6. The second-order valence-corrected chi connectivity index (χ2v) is 7.02. The second-order valence-electron chi connectivity index (χ2n) is 5.34. The van der Waals surface area contributed by atoms with E-state index in [2.05, 4.69) is 0 Å². The largest absolute Gasteiger partial charge is 0.502 e. The Hall–Kier alpha value is -2.99. The highest BCUT2D eigenvalue weighted by molar-refractivity contribution is 8.26. The van der Waals surface area contributed by atoms with Gasteiger partial charge in [-0.05, 0) is 24.1 Å². The number of aromatic hydroxyl groups is 1. The molecule has 0 saturated carbocycles. The molecule has 0 aliphatic carbocycles. The molecule has 1 aliphatic heterocycles. The first-order valence-electron chi connectivity index (χ1n) is 7.31. The molecule has 1 atom stereocenters. The molecule has 0 bridgehead atoms. The molecule has 10 nitrogen and oxygen atoms in total. The fourth-order valence-corrected chi connectivity index (χ4v) is 3.66. The SMILES string of the molecule is O=C(O)CC[C@H](C(=O)O)N1C(=O)/C(=C\c2ccc(O)c([N+](=O)[O-])c2)SC1=S. The van der Waals surface area contributed by atoms with E-state index in [1.54, 1.807) is 0 Å². The van der Waals surface area contributed by atoms with E-state index in [0.717, 1.165) is 28.8 Å². The van der Waals surface area contributed by atoms with Crippen molar-refractivity contribution in [3.63, 3.8) is 0 Å². The Balaban J connectivity index is 2.33. The first-order valence-corrected chi connectivity index (χ1v) is 8.53. The van der Waals surface area contributed by atoms with Crippen molar-refractivity contribution in [3.8, 4) is 5.75 Å². The van der Waals surface area contributed by atoms with Crippen LogP contribution < -0.4 is 0 Å². The van der Waals surface area contributed by atoms with Gasteiger partial charge in [-0.15, -0.1) is 0 Å². The summed E-state index contributed by atoms with van der Waals surface area (Å²) in [5.74, 6) is -3.88. The minimum atomic E-state index is -1.44. The number of thioether (sulfide) groups is 1. The molecule has 0 aromatic heterocycles. The Morgan fingerprint density at radius 1 is 1.37 bits per heavy atom. The first kappa shape index (κ1) is 20.3. The molecule has 12 heteroatoms. The van der Waals surface area contributed by atoms with Crippen LogP contribution in [-0.2, 0) is 14.4 Å². The minimum Gasteiger partial charge on any atom is -0.502 e. The van der Waals surface area contributed by atoms with Crippen molar-refractivity contribution in [2.24, 2.45) is 0 Å². The summed E-state index contributed by atoms with van der Waals surface area (Å²) in [6, 6.07) is 2.06. The molecule has 3 N–H and O–H groups in total. The number of nitro groups is 1. The summed E-state index contributed by atoms with van der Waals surface area (Å²) in [4.78, 5) is 45.6. The van der Waals surface area contributed by atoms with Crippen LogP contribution in [0.15, 0.2) is 23.1 Å². The van der Waals surface area contributed by atoms with Crippen LogP contribution in [0.25, 0.3) is 6.08 Å². The highest BCUT2D eigenvalue weighted by Crippen LogP contribution is 2.36. The number of rotatable bonds is 7. The molecule has 142 valence electrons. The Labute approximate surface area is 161 Å². The van der Waals surface area contributed by atoms with Gasteiger partial charge in [0.15, 0.2) is 5.75 Å². The number of carbonyl (C=O) groups is 3. The van der Waals surface area contributed by atoms with Gasteiger partial charge in [-0.3, -0.25) is 24.6 Å². The molecular formula is C15H12N2O8S2. The van der Waals surface area contributed by atoms with E-state index < -0.39 is 46.7 Å². The van der Waals surface area contributed by atoms with Crippen molar-refractivity contribution in [1.29, 1.82) is 0 Å². The zero-order chi connectivity index (χ0) is 20.3. The average molecular weight is 412 g/mol. The standard InChI is InChI=1S/C15H12N2O8S2/c18-10-3-1-7(5-9(10)17(24)25)6-11-13(21)16(15(26)27-11)8(14(22)23)2-4-12(19)20/h1,3,5-6,8,18H,2,4H2,(H,19,20)(H,22,23)/b11-6+/t8-/m1/s1. The highest BCUT2D eigenvalue weighted by Gasteiger charge is 2.40. The minimum absolute atomic E-state index is 0.0292. The summed E-state index contributed by atoms with van der Waals surface area (Å²) in [5, 5.41) is 38.4. The maximum atomic E-state index is 12.6. The lowest BCUT2D eigenvalue weighted by atomic mass is 10.1. The zero-order valence-electron chi connectivity index (χ0n) is 13.4. The lowest BCUT2D eigenvalue weighted by molar-refractivity contribution is -0.385. The molecule has 1 amide bonds. The number of phenolic OH excluding ortho intramolecular Hbond substituents is 1. The summed E-state index contributed by atoms with van der Waals surface area (Å²) in [7, 11) is 0. The number of hydrogen-bond acceptors (Lipinski definition) is 8. The van der Waals surface area contributed by atoms with Crippen LogP contribution in [0.1, 0.15) is 18.4 Å². The molecule has 1 fully saturated rings. The Morgan fingerprint density at radius 3 is 2.59 bits per heavy atom. The quantitative estimate of drug-likeness (QED) is 0.261. The number of amides is 1. The number of phenols is 1. The molecule has 1 saturated heterocycles. The van der Waals surface area contributed by atoms with Gasteiger partial charge in [-0.2, -0.15) is 0 Å². The molecule has 0 unspecified atom stereocenters.